The number of aryl methyl sites for hydroxylation is 1. The van der Waals surface area contributed by atoms with Gasteiger partial charge in [0.15, 0.2) is 0 Å². The van der Waals surface area contributed by atoms with Gasteiger partial charge in [-0.15, -0.1) is 0 Å². The molecule has 2 heterocycles. The number of nitrogens with one attached hydrogen (secondary N) is 2. The summed E-state index contributed by atoms with van der Waals surface area (Å²) in [5, 5.41) is 5.01. The van der Waals surface area contributed by atoms with E-state index in [4.69, 9.17) is 4.74 Å². The Morgan fingerprint density at radius 1 is 1.47 bits per heavy atom. The highest BCUT2D eigenvalue weighted by Crippen LogP contribution is 2.10. The Balaban J connectivity index is 1.80. The molecule has 1 saturated heterocycles. The summed E-state index contributed by atoms with van der Waals surface area (Å²) in [6, 6.07) is 3.51. The first kappa shape index (κ1) is 13.5. The quantitative estimate of drug-likeness (QED) is 0.784. The van der Waals surface area contributed by atoms with Gasteiger partial charge in [0.05, 0.1) is 6.10 Å². The van der Waals surface area contributed by atoms with Crippen molar-refractivity contribution in [1.82, 2.24) is 10.3 Å². The Kier molecular flexibility index (Phi) is 4.46. The number of amides is 2. The van der Waals surface area contributed by atoms with Crippen LogP contribution in [0, 0.1) is 6.92 Å². The lowest BCUT2D eigenvalue weighted by Gasteiger charge is -2.10. The maximum Gasteiger partial charge on any atom is 0.314 e. The molecule has 6 nitrogen and oxygen atoms in total. The van der Waals surface area contributed by atoms with Crippen LogP contribution in [0.5, 0.6) is 0 Å². The van der Waals surface area contributed by atoms with Crippen molar-refractivity contribution in [2.75, 3.05) is 18.5 Å². The van der Waals surface area contributed by atoms with Crippen molar-refractivity contribution in [1.29, 1.82) is 0 Å². The van der Waals surface area contributed by atoms with Crippen molar-refractivity contribution in [3.8, 4) is 0 Å². The zero-order chi connectivity index (χ0) is 13.7. The lowest BCUT2D eigenvalue weighted by Crippen LogP contribution is -2.39. The van der Waals surface area contributed by atoms with Crippen LogP contribution >= 0.6 is 0 Å². The van der Waals surface area contributed by atoms with Crippen LogP contribution in [0.1, 0.15) is 18.4 Å². The minimum atomic E-state index is -0.712. The summed E-state index contributed by atoms with van der Waals surface area (Å²) >= 11 is 0. The number of pyridine rings is 1. The molecule has 2 rings (SSSR count). The second-order valence-electron chi connectivity index (χ2n) is 4.52. The Hall–Kier alpha value is -1.95. The van der Waals surface area contributed by atoms with E-state index in [1.54, 1.807) is 12.3 Å². The average Bonchev–Trinajstić information content (AvgIpc) is 2.89. The van der Waals surface area contributed by atoms with Crippen molar-refractivity contribution >= 4 is 17.6 Å². The van der Waals surface area contributed by atoms with Crippen LogP contribution in [-0.2, 0) is 14.3 Å². The molecule has 1 aliphatic heterocycles. The molecule has 0 bridgehead atoms. The zero-order valence-electron chi connectivity index (χ0n) is 10.8. The fraction of sp³-hybridized carbons (Fsp3) is 0.462. The number of hydrogen-bond donors (Lipinski definition) is 2. The van der Waals surface area contributed by atoms with Crippen LogP contribution in [0.15, 0.2) is 18.3 Å². The molecule has 2 N–H and O–H groups in total. The number of aromatic nitrogens is 1. The number of carbonyl (C=O) groups is 2. The van der Waals surface area contributed by atoms with E-state index in [2.05, 4.69) is 15.6 Å². The first-order valence-electron chi connectivity index (χ1n) is 6.28. The summed E-state index contributed by atoms with van der Waals surface area (Å²) in [5.74, 6) is -1.01. The van der Waals surface area contributed by atoms with Gasteiger partial charge in [-0.3, -0.25) is 9.59 Å². The topological polar surface area (TPSA) is 80.3 Å². The Morgan fingerprint density at radius 2 is 2.32 bits per heavy atom. The Morgan fingerprint density at radius 3 is 3.00 bits per heavy atom. The normalized spacial score (nSPS) is 18.1. The number of carbonyl (C=O) groups excluding carboxylic acids is 2. The summed E-state index contributed by atoms with van der Waals surface area (Å²) in [5.41, 5.74) is 0.963. The second kappa shape index (κ2) is 6.29. The first-order chi connectivity index (χ1) is 9.15. The van der Waals surface area contributed by atoms with Gasteiger partial charge in [-0.05, 0) is 37.5 Å². The Labute approximate surface area is 111 Å². The van der Waals surface area contributed by atoms with Gasteiger partial charge in [-0.2, -0.15) is 0 Å². The van der Waals surface area contributed by atoms with Gasteiger partial charge in [0.2, 0.25) is 0 Å². The molecular formula is C13H17N3O3. The molecule has 19 heavy (non-hydrogen) atoms. The first-order valence-corrected chi connectivity index (χ1v) is 6.28. The van der Waals surface area contributed by atoms with Crippen LogP contribution in [-0.4, -0.2) is 36.1 Å². The molecule has 1 unspecified atom stereocenters. The van der Waals surface area contributed by atoms with Crippen LogP contribution < -0.4 is 10.6 Å². The van der Waals surface area contributed by atoms with E-state index < -0.39 is 11.8 Å². The monoisotopic (exact) mass is 263 g/mol. The molecule has 0 aliphatic carbocycles. The molecule has 1 aromatic rings. The van der Waals surface area contributed by atoms with E-state index in [-0.39, 0.29) is 6.10 Å². The molecule has 0 radical (unpaired) electrons. The molecule has 0 saturated carbocycles. The lowest BCUT2D eigenvalue weighted by atomic mass is 10.2. The van der Waals surface area contributed by atoms with Crippen LogP contribution in [0.2, 0.25) is 0 Å². The molecule has 6 heteroatoms. The summed E-state index contributed by atoms with van der Waals surface area (Å²) in [4.78, 5) is 27.2. The highest BCUT2D eigenvalue weighted by atomic mass is 16.5. The van der Waals surface area contributed by atoms with E-state index in [0.29, 0.717) is 12.4 Å². The predicted molar refractivity (Wildman–Crippen MR) is 69.6 cm³/mol. The smallest absolute Gasteiger partial charge is 0.314 e. The van der Waals surface area contributed by atoms with Crippen molar-refractivity contribution in [3.05, 3.63) is 23.9 Å². The molecule has 102 valence electrons. The maximum atomic E-state index is 11.6. The van der Waals surface area contributed by atoms with Gasteiger partial charge in [-0.25, -0.2) is 4.98 Å². The predicted octanol–water partition coefficient (Wildman–Crippen LogP) is 0.624. The van der Waals surface area contributed by atoms with Gasteiger partial charge in [0.1, 0.15) is 5.82 Å². The van der Waals surface area contributed by atoms with E-state index >= 15 is 0 Å². The van der Waals surface area contributed by atoms with Gasteiger partial charge < -0.3 is 15.4 Å². The zero-order valence-corrected chi connectivity index (χ0v) is 10.8. The minimum Gasteiger partial charge on any atom is -0.376 e. The van der Waals surface area contributed by atoms with Crippen molar-refractivity contribution < 1.29 is 14.3 Å². The van der Waals surface area contributed by atoms with Crippen molar-refractivity contribution in [3.63, 3.8) is 0 Å². The number of hydrogen-bond acceptors (Lipinski definition) is 4. The van der Waals surface area contributed by atoms with Crippen LogP contribution in [0.3, 0.4) is 0 Å². The average molecular weight is 263 g/mol. The second-order valence-corrected chi connectivity index (χ2v) is 4.52. The maximum absolute atomic E-state index is 11.6. The van der Waals surface area contributed by atoms with Gasteiger partial charge in [0, 0.05) is 19.3 Å². The molecule has 0 spiro atoms. The minimum absolute atomic E-state index is 0.0221. The number of rotatable bonds is 3. The summed E-state index contributed by atoms with van der Waals surface area (Å²) in [6.45, 7) is 2.97. The van der Waals surface area contributed by atoms with E-state index in [1.165, 1.54) is 0 Å². The molecule has 2 amide bonds. The van der Waals surface area contributed by atoms with Gasteiger partial charge >= 0.3 is 11.8 Å². The lowest BCUT2D eigenvalue weighted by molar-refractivity contribution is -0.136. The molecule has 1 aromatic heterocycles. The third kappa shape index (κ3) is 4.03. The van der Waals surface area contributed by atoms with Gasteiger partial charge in [0.25, 0.3) is 0 Å². The van der Waals surface area contributed by atoms with E-state index in [9.17, 15) is 9.59 Å². The van der Waals surface area contributed by atoms with E-state index in [0.717, 1.165) is 25.0 Å². The number of nitrogens with zero attached hydrogens (tertiary/aromatic N) is 1. The molecule has 0 aromatic carbocycles. The van der Waals surface area contributed by atoms with Gasteiger partial charge in [-0.1, -0.05) is 0 Å². The third-order valence-electron chi connectivity index (χ3n) is 2.88. The van der Waals surface area contributed by atoms with Crippen LogP contribution in [0.25, 0.3) is 0 Å². The largest absolute Gasteiger partial charge is 0.376 e. The molecule has 1 fully saturated rings. The van der Waals surface area contributed by atoms with Crippen molar-refractivity contribution in [2.45, 2.75) is 25.9 Å². The fourth-order valence-corrected chi connectivity index (χ4v) is 1.87. The summed E-state index contributed by atoms with van der Waals surface area (Å²) < 4.78 is 5.36. The van der Waals surface area contributed by atoms with Crippen molar-refractivity contribution in [2.24, 2.45) is 0 Å². The molecule has 1 atom stereocenters. The Bertz CT molecular complexity index is 470. The number of ether oxygens (including phenoxy) is 1. The molecular weight excluding hydrogens is 246 g/mol. The van der Waals surface area contributed by atoms with Crippen LogP contribution in [0.4, 0.5) is 5.82 Å². The molecule has 1 aliphatic rings. The number of anilines is 1. The highest BCUT2D eigenvalue weighted by molar-refractivity contribution is 6.39. The summed E-state index contributed by atoms with van der Waals surface area (Å²) in [7, 11) is 0. The highest BCUT2D eigenvalue weighted by Gasteiger charge is 2.19. The van der Waals surface area contributed by atoms with E-state index in [1.807, 2.05) is 13.0 Å². The third-order valence-corrected chi connectivity index (χ3v) is 2.88. The summed E-state index contributed by atoms with van der Waals surface area (Å²) in [6.07, 6.45) is 3.52. The fourth-order valence-electron chi connectivity index (χ4n) is 1.87. The SMILES string of the molecule is Cc1ccnc(NC(=O)C(=O)NCC2CCCO2)c1. The standard InChI is InChI=1S/C13H17N3O3/c1-9-4-5-14-11(7-9)16-13(18)12(17)15-8-10-3-2-6-19-10/h4-5,7,10H,2-3,6,8H2,1H3,(H,15,17)(H,14,16,18).